The van der Waals surface area contributed by atoms with Crippen molar-refractivity contribution in [1.82, 2.24) is 9.13 Å². The number of hydrogen-bond acceptors (Lipinski definition) is 9. The molecule has 2 aromatic carbocycles. The van der Waals surface area contributed by atoms with E-state index < -0.39 is 12.0 Å². The minimum absolute atomic E-state index is 0.229. The van der Waals surface area contributed by atoms with E-state index in [0.717, 1.165) is 22.6 Å². The molecule has 4 aromatic rings. The molecule has 0 unspecified atom stereocenters. The Hall–Kier alpha value is -4.90. The number of carbonyl (C=O) groups excluding carboxylic acids is 2. The summed E-state index contributed by atoms with van der Waals surface area (Å²) < 4.78 is 25.8. The molecule has 3 heterocycles. The topological polar surface area (TPSA) is 110 Å². The molecule has 1 atom stereocenters. The van der Waals surface area contributed by atoms with Crippen LogP contribution in [0.4, 0.5) is 0 Å². The molecule has 45 heavy (non-hydrogen) atoms. The summed E-state index contributed by atoms with van der Waals surface area (Å²) >= 11 is 1.25. The number of benzene rings is 2. The lowest BCUT2D eigenvalue weighted by atomic mass is 9.97. The van der Waals surface area contributed by atoms with Gasteiger partial charge in [0, 0.05) is 23.3 Å². The quantitative estimate of drug-likeness (QED) is 0.239. The smallest absolute Gasteiger partial charge is 0.338 e. The molecule has 0 radical (unpaired) electrons. The Morgan fingerprint density at radius 1 is 0.933 bits per heavy atom. The summed E-state index contributed by atoms with van der Waals surface area (Å²) in [5, 5.41) is 0. The second kappa shape index (κ2) is 13.4. The number of fused-ring (bicyclic) bond motifs is 1. The number of methoxy groups -OCH3 is 1. The number of thiazole rings is 1. The highest BCUT2D eigenvalue weighted by Gasteiger charge is 2.31. The van der Waals surface area contributed by atoms with Gasteiger partial charge in [-0.3, -0.25) is 9.36 Å². The number of aromatic nitrogens is 2. The van der Waals surface area contributed by atoms with Crippen molar-refractivity contribution in [3.8, 4) is 17.2 Å². The molecule has 0 bridgehead atoms. The third-order valence-corrected chi connectivity index (χ3v) is 8.40. The summed E-state index contributed by atoms with van der Waals surface area (Å²) in [4.78, 5) is 44.0. The molecular formula is C34H35N3O7S. The van der Waals surface area contributed by atoms with Gasteiger partial charge in [-0.2, -0.15) is 0 Å². The Bertz CT molecular complexity index is 1970. The van der Waals surface area contributed by atoms with Gasteiger partial charge in [0.05, 0.1) is 48.6 Å². The summed E-state index contributed by atoms with van der Waals surface area (Å²) in [7, 11) is 1.30. The van der Waals surface area contributed by atoms with Crippen LogP contribution in [0.25, 0.3) is 11.8 Å². The Labute approximate surface area is 264 Å². The van der Waals surface area contributed by atoms with E-state index in [1.54, 1.807) is 31.2 Å². The standard InChI is InChI=1S/C34H35N3O7S/c1-7-42-27-15-12-23(17-28(27)43-8-2)30-26(33(40)41-6)19-35-34-37(30)31(38)29(45-34)18-24-16-20(4)36(21(24)5)25-13-10-22(11-14-25)32(39)44-9-3/h10-19,30H,7-9H2,1-6H3/b29-18-/t30-/m1/s1. The molecule has 0 saturated heterocycles. The summed E-state index contributed by atoms with van der Waals surface area (Å²) in [6, 6.07) is 13.8. The molecule has 2 aromatic heterocycles. The fourth-order valence-corrected chi connectivity index (χ4v) is 6.38. The molecule has 234 valence electrons. The Balaban J connectivity index is 1.60. The molecule has 10 nitrogen and oxygen atoms in total. The first-order valence-corrected chi connectivity index (χ1v) is 15.5. The molecule has 1 aliphatic heterocycles. The van der Waals surface area contributed by atoms with Gasteiger partial charge in [0.1, 0.15) is 0 Å². The minimum Gasteiger partial charge on any atom is -0.490 e. The fourth-order valence-electron chi connectivity index (χ4n) is 5.42. The van der Waals surface area contributed by atoms with Gasteiger partial charge in [-0.15, -0.1) is 0 Å². The van der Waals surface area contributed by atoms with Gasteiger partial charge in [0.15, 0.2) is 16.3 Å². The second-order valence-electron chi connectivity index (χ2n) is 10.2. The van der Waals surface area contributed by atoms with Gasteiger partial charge >= 0.3 is 11.9 Å². The van der Waals surface area contributed by atoms with Crippen LogP contribution in [0.1, 0.15) is 59.7 Å². The van der Waals surface area contributed by atoms with Gasteiger partial charge in [0.2, 0.25) is 0 Å². The zero-order valence-corrected chi connectivity index (χ0v) is 26.9. The van der Waals surface area contributed by atoms with Gasteiger partial charge < -0.3 is 23.5 Å². The second-order valence-corrected chi connectivity index (χ2v) is 11.2. The van der Waals surface area contributed by atoms with Crippen LogP contribution in [0.2, 0.25) is 0 Å². The third-order valence-electron chi connectivity index (χ3n) is 7.40. The van der Waals surface area contributed by atoms with Crippen molar-refractivity contribution < 1.29 is 28.5 Å². The van der Waals surface area contributed by atoms with Gasteiger partial charge in [0.25, 0.3) is 5.56 Å². The molecule has 0 saturated carbocycles. The van der Waals surface area contributed by atoms with E-state index in [0.29, 0.717) is 51.8 Å². The van der Waals surface area contributed by atoms with Crippen LogP contribution in [0.15, 0.2) is 70.1 Å². The molecular weight excluding hydrogens is 594 g/mol. The van der Waals surface area contributed by atoms with Crippen molar-refractivity contribution in [2.75, 3.05) is 26.9 Å². The maximum Gasteiger partial charge on any atom is 0.338 e. The lowest BCUT2D eigenvalue weighted by molar-refractivity contribution is -0.136. The van der Waals surface area contributed by atoms with Crippen LogP contribution in [0.3, 0.4) is 0 Å². The van der Waals surface area contributed by atoms with Crippen LogP contribution < -0.4 is 24.4 Å². The number of hydrogen-bond donors (Lipinski definition) is 0. The summed E-state index contributed by atoms with van der Waals surface area (Å²) in [5.74, 6) is 0.143. The molecule has 11 heteroatoms. The van der Waals surface area contributed by atoms with E-state index in [2.05, 4.69) is 9.56 Å². The van der Waals surface area contributed by atoms with Crippen molar-refractivity contribution in [1.29, 1.82) is 0 Å². The van der Waals surface area contributed by atoms with Crippen molar-refractivity contribution in [3.05, 3.63) is 108 Å². The SMILES string of the molecule is CCOC(=O)c1ccc(-n2c(C)cc(/C=c3\sc4n(c3=O)[C@H](c3ccc(OCC)c(OCC)c3)C(C(=O)OC)=CN=4)c2C)cc1. The first kappa shape index (κ1) is 31.5. The van der Waals surface area contributed by atoms with Crippen LogP contribution in [-0.4, -0.2) is 48.0 Å². The Morgan fingerprint density at radius 2 is 1.64 bits per heavy atom. The summed E-state index contributed by atoms with van der Waals surface area (Å²) in [5.41, 5.74) is 4.69. The molecule has 0 fully saturated rings. The number of aryl methyl sites for hydroxylation is 1. The zero-order valence-electron chi connectivity index (χ0n) is 26.1. The largest absolute Gasteiger partial charge is 0.490 e. The molecule has 0 aliphatic carbocycles. The van der Waals surface area contributed by atoms with E-state index in [1.165, 1.54) is 29.2 Å². The minimum atomic E-state index is -0.781. The van der Waals surface area contributed by atoms with Crippen molar-refractivity contribution in [3.63, 3.8) is 0 Å². The van der Waals surface area contributed by atoms with Gasteiger partial charge in [-0.25, -0.2) is 14.6 Å². The van der Waals surface area contributed by atoms with Crippen molar-refractivity contribution in [2.24, 2.45) is 4.99 Å². The monoisotopic (exact) mass is 629 g/mol. The highest BCUT2D eigenvalue weighted by molar-refractivity contribution is 7.07. The van der Waals surface area contributed by atoms with Gasteiger partial charge in [-0.1, -0.05) is 17.4 Å². The summed E-state index contributed by atoms with van der Waals surface area (Å²) in [6.07, 6.45) is 3.31. The first-order valence-electron chi connectivity index (χ1n) is 14.7. The maximum absolute atomic E-state index is 14.1. The van der Waals surface area contributed by atoms with Crippen LogP contribution in [0, 0.1) is 13.8 Å². The zero-order chi connectivity index (χ0) is 32.2. The average Bonchev–Trinajstić information content (AvgIpc) is 3.51. The Morgan fingerprint density at radius 3 is 2.31 bits per heavy atom. The first-order chi connectivity index (χ1) is 21.7. The van der Waals surface area contributed by atoms with E-state index in [9.17, 15) is 14.4 Å². The number of carbonyl (C=O) groups is 2. The van der Waals surface area contributed by atoms with Crippen LogP contribution in [-0.2, 0) is 14.3 Å². The normalized spacial score (nSPS) is 14.3. The Kier molecular flexibility index (Phi) is 9.38. The maximum atomic E-state index is 14.1. The number of ether oxygens (including phenoxy) is 4. The van der Waals surface area contributed by atoms with E-state index in [4.69, 9.17) is 18.9 Å². The van der Waals surface area contributed by atoms with Crippen molar-refractivity contribution in [2.45, 2.75) is 40.7 Å². The van der Waals surface area contributed by atoms with Gasteiger partial charge in [-0.05, 0) is 94.3 Å². The highest BCUT2D eigenvalue weighted by Crippen LogP contribution is 2.35. The van der Waals surface area contributed by atoms with Crippen molar-refractivity contribution >= 4 is 29.4 Å². The predicted octanol–water partition coefficient (Wildman–Crippen LogP) is 4.40. The molecule has 0 N–H and O–H groups in total. The number of rotatable bonds is 10. The predicted molar refractivity (Wildman–Crippen MR) is 171 cm³/mol. The summed E-state index contributed by atoms with van der Waals surface area (Å²) in [6.45, 7) is 10.7. The number of nitrogens with zero attached hydrogens (tertiary/aromatic N) is 3. The number of esters is 2. The average molecular weight is 630 g/mol. The molecule has 0 amide bonds. The molecule has 5 rings (SSSR count). The van der Waals surface area contributed by atoms with E-state index in [1.807, 2.05) is 58.0 Å². The van der Waals surface area contributed by atoms with E-state index in [-0.39, 0.29) is 17.1 Å². The highest BCUT2D eigenvalue weighted by atomic mass is 32.1. The fraction of sp³-hybridized carbons (Fsp3) is 0.294. The lowest BCUT2D eigenvalue weighted by Crippen LogP contribution is -2.39. The molecule has 1 aliphatic rings. The lowest BCUT2D eigenvalue weighted by Gasteiger charge is -2.23. The third kappa shape index (κ3) is 6.08. The van der Waals surface area contributed by atoms with E-state index >= 15 is 0 Å². The van der Waals surface area contributed by atoms with Crippen LogP contribution >= 0.6 is 11.3 Å². The van der Waals surface area contributed by atoms with Crippen LogP contribution in [0.5, 0.6) is 11.5 Å². The molecule has 0 spiro atoms.